The maximum absolute atomic E-state index is 12.7. The van der Waals surface area contributed by atoms with Gasteiger partial charge in [0.05, 0.1) is 12.5 Å². The number of carbonyl (C=O) groups excluding carboxylic acids is 1. The molecule has 0 aliphatic carbocycles. The molecule has 0 saturated carbocycles. The molecule has 0 bridgehead atoms. The molecule has 34 heavy (non-hydrogen) atoms. The summed E-state index contributed by atoms with van der Waals surface area (Å²) in [6.07, 6.45) is 1.73. The summed E-state index contributed by atoms with van der Waals surface area (Å²) in [4.78, 5) is 27.5. The van der Waals surface area contributed by atoms with Crippen molar-refractivity contribution in [3.05, 3.63) is 111 Å². The van der Waals surface area contributed by atoms with Gasteiger partial charge in [-0.25, -0.2) is 4.79 Å². The van der Waals surface area contributed by atoms with Crippen molar-refractivity contribution in [3.63, 3.8) is 0 Å². The maximum atomic E-state index is 12.7. The molecule has 7 heteroatoms. The molecule has 0 saturated heterocycles. The Morgan fingerprint density at radius 2 is 1.79 bits per heavy atom. The van der Waals surface area contributed by atoms with Gasteiger partial charge in [-0.15, -0.1) is 0 Å². The van der Waals surface area contributed by atoms with E-state index in [-0.39, 0.29) is 6.61 Å². The van der Waals surface area contributed by atoms with Gasteiger partial charge in [0, 0.05) is 22.0 Å². The zero-order valence-electron chi connectivity index (χ0n) is 19.1. The number of ether oxygens (including phenoxy) is 2. The average Bonchev–Trinajstić information content (AvgIpc) is 3.25. The third-order valence-electron chi connectivity index (χ3n) is 5.78. The highest BCUT2D eigenvalue weighted by Crippen LogP contribution is 2.36. The zero-order chi connectivity index (χ0) is 24.1. The molecule has 3 aromatic carbocycles. The SMILES string of the molecule is CCOC(=O)[C@H]([C@H](c1ccc(C)cc1)c1c[nH]c2ccc(OCc3ccccc3)cc12)[N+](=O)[O-]. The van der Waals surface area contributed by atoms with Gasteiger partial charge in [0.15, 0.2) is 0 Å². The first kappa shape index (κ1) is 23.0. The molecule has 1 heterocycles. The van der Waals surface area contributed by atoms with Crippen LogP contribution in [0, 0.1) is 17.0 Å². The molecule has 0 aliphatic rings. The van der Waals surface area contributed by atoms with Crippen molar-refractivity contribution in [2.75, 3.05) is 6.61 Å². The first-order valence-corrected chi connectivity index (χ1v) is 11.1. The standard InChI is InChI=1S/C27H26N2O5/c1-3-33-27(30)26(29(31)32)25(20-11-9-18(2)10-12-20)23-16-28-24-14-13-21(15-22(23)24)34-17-19-7-5-4-6-8-19/h4-16,25-26,28H,3,17H2,1-2H3/t25-,26+/m1/s1. The maximum Gasteiger partial charge on any atom is 0.382 e. The highest BCUT2D eigenvalue weighted by Gasteiger charge is 2.43. The number of esters is 1. The Balaban J connectivity index is 1.77. The predicted octanol–water partition coefficient (Wildman–Crippen LogP) is 5.40. The van der Waals surface area contributed by atoms with Crippen molar-refractivity contribution in [2.45, 2.75) is 32.4 Å². The lowest BCUT2D eigenvalue weighted by Gasteiger charge is -2.20. The topological polar surface area (TPSA) is 94.5 Å². The van der Waals surface area contributed by atoms with Crippen LogP contribution in [0.2, 0.25) is 0 Å². The van der Waals surface area contributed by atoms with Crippen molar-refractivity contribution >= 4 is 16.9 Å². The van der Waals surface area contributed by atoms with E-state index < -0.39 is 22.9 Å². The zero-order valence-corrected chi connectivity index (χ0v) is 19.1. The molecule has 0 aliphatic heterocycles. The van der Waals surface area contributed by atoms with E-state index in [9.17, 15) is 14.9 Å². The lowest BCUT2D eigenvalue weighted by molar-refractivity contribution is -0.513. The van der Waals surface area contributed by atoms with Gasteiger partial charge in [0.1, 0.15) is 12.4 Å². The molecule has 0 radical (unpaired) electrons. The molecule has 0 fully saturated rings. The fourth-order valence-electron chi connectivity index (χ4n) is 4.09. The number of nitrogens with one attached hydrogen (secondary N) is 1. The second-order valence-electron chi connectivity index (χ2n) is 8.10. The Morgan fingerprint density at radius 1 is 1.06 bits per heavy atom. The van der Waals surface area contributed by atoms with E-state index in [1.54, 1.807) is 13.1 Å². The van der Waals surface area contributed by atoms with E-state index in [1.807, 2.05) is 79.7 Å². The molecule has 0 spiro atoms. The average molecular weight is 459 g/mol. The van der Waals surface area contributed by atoms with Crippen molar-refractivity contribution in [2.24, 2.45) is 0 Å². The lowest BCUT2D eigenvalue weighted by atomic mass is 9.84. The van der Waals surface area contributed by atoms with E-state index in [1.165, 1.54) is 0 Å². The summed E-state index contributed by atoms with van der Waals surface area (Å²) in [5.74, 6) is -1.06. The number of hydrogen-bond donors (Lipinski definition) is 1. The number of nitrogens with zero attached hydrogens (tertiary/aromatic N) is 1. The van der Waals surface area contributed by atoms with Crippen LogP contribution in [0.3, 0.4) is 0 Å². The first-order valence-electron chi connectivity index (χ1n) is 11.1. The number of carbonyl (C=O) groups is 1. The Hall–Kier alpha value is -4.13. The molecule has 1 aromatic heterocycles. The van der Waals surface area contributed by atoms with Crippen LogP contribution in [-0.2, 0) is 16.1 Å². The summed E-state index contributed by atoms with van der Waals surface area (Å²) < 4.78 is 11.1. The first-order chi connectivity index (χ1) is 16.5. The van der Waals surface area contributed by atoms with Crippen LogP contribution in [-0.4, -0.2) is 28.5 Å². The van der Waals surface area contributed by atoms with Crippen molar-refractivity contribution < 1.29 is 19.2 Å². The van der Waals surface area contributed by atoms with Crippen LogP contribution in [0.5, 0.6) is 5.75 Å². The second-order valence-corrected chi connectivity index (χ2v) is 8.10. The van der Waals surface area contributed by atoms with Crippen LogP contribution in [0.4, 0.5) is 0 Å². The molecule has 4 aromatic rings. The Morgan fingerprint density at radius 3 is 2.47 bits per heavy atom. The summed E-state index contributed by atoms with van der Waals surface area (Å²) >= 11 is 0. The highest BCUT2D eigenvalue weighted by molar-refractivity contribution is 5.87. The summed E-state index contributed by atoms with van der Waals surface area (Å²) in [7, 11) is 0. The fourth-order valence-corrected chi connectivity index (χ4v) is 4.09. The number of aromatic nitrogens is 1. The van der Waals surface area contributed by atoms with Crippen molar-refractivity contribution in [1.82, 2.24) is 4.98 Å². The second kappa shape index (κ2) is 10.2. The minimum Gasteiger partial charge on any atom is -0.489 e. The van der Waals surface area contributed by atoms with Gasteiger partial charge in [0.2, 0.25) is 0 Å². The Bertz CT molecular complexity index is 1280. The molecule has 4 rings (SSSR count). The molecule has 7 nitrogen and oxygen atoms in total. The van der Waals surface area contributed by atoms with Gasteiger partial charge in [0.25, 0.3) is 0 Å². The van der Waals surface area contributed by atoms with Gasteiger partial charge in [-0.05, 0) is 48.7 Å². The summed E-state index contributed by atoms with van der Waals surface area (Å²) in [6.45, 7) is 4.04. The Labute approximate surface area is 197 Å². The quantitative estimate of drug-likeness (QED) is 0.206. The number of rotatable bonds is 9. The fraction of sp³-hybridized carbons (Fsp3) is 0.222. The summed E-state index contributed by atoms with van der Waals surface area (Å²) in [6, 6.07) is 21.2. The number of aryl methyl sites for hydroxylation is 1. The van der Waals surface area contributed by atoms with E-state index in [2.05, 4.69) is 4.98 Å². The van der Waals surface area contributed by atoms with Crippen LogP contribution < -0.4 is 4.74 Å². The third-order valence-corrected chi connectivity index (χ3v) is 5.78. The van der Waals surface area contributed by atoms with Gasteiger partial charge in [-0.1, -0.05) is 60.2 Å². The summed E-state index contributed by atoms with van der Waals surface area (Å²) in [5.41, 5.74) is 4.15. The van der Waals surface area contributed by atoms with Gasteiger partial charge >= 0.3 is 12.0 Å². The molecule has 1 N–H and O–H groups in total. The van der Waals surface area contributed by atoms with Crippen molar-refractivity contribution in [1.29, 1.82) is 0 Å². The monoisotopic (exact) mass is 458 g/mol. The van der Waals surface area contributed by atoms with Gasteiger partial charge in [-0.2, -0.15) is 0 Å². The molecular formula is C27H26N2O5. The van der Waals surface area contributed by atoms with Crippen LogP contribution in [0.15, 0.2) is 79.0 Å². The molecule has 2 atom stereocenters. The highest BCUT2D eigenvalue weighted by atomic mass is 16.6. The van der Waals surface area contributed by atoms with E-state index in [0.29, 0.717) is 23.5 Å². The van der Waals surface area contributed by atoms with E-state index in [0.717, 1.165) is 22.0 Å². The van der Waals surface area contributed by atoms with E-state index in [4.69, 9.17) is 9.47 Å². The predicted molar refractivity (Wildman–Crippen MR) is 130 cm³/mol. The normalized spacial score (nSPS) is 12.8. The number of aromatic amines is 1. The largest absolute Gasteiger partial charge is 0.489 e. The number of benzene rings is 3. The number of hydrogen-bond acceptors (Lipinski definition) is 5. The number of fused-ring (bicyclic) bond motifs is 1. The minimum atomic E-state index is -1.59. The smallest absolute Gasteiger partial charge is 0.382 e. The van der Waals surface area contributed by atoms with Gasteiger partial charge in [-0.3, -0.25) is 10.1 Å². The molecule has 0 amide bonds. The molecular weight excluding hydrogens is 432 g/mol. The van der Waals surface area contributed by atoms with Gasteiger partial charge < -0.3 is 14.5 Å². The van der Waals surface area contributed by atoms with Crippen molar-refractivity contribution in [3.8, 4) is 5.75 Å². The third kappa shape index (κ3) is 4.93. The Kier molecular flexibility index (Phi) is 6.92. The minimum absolute atomic E-state index is 0.0646. The molecule has 174 valence electrons. The molecule has 0 unspecified atom stereocenters. The summed E-state index contributed by atoms with van der Waals surface area (Å²) in [5, 5.41) is 12.9. The van der Waals surface area contributed by atoms with Crippen LogP contribution in [0.25, 0.3) is 10.9 Å². The van der Waals surface area contributed by atoms with Crippen LogP contribution in [0.1, 0.15) is 35.1 Å². The number of nitro groups is 1. The lowest BCUT2D eigenvalue weighted by Crippen LogP contribution is -2.37. The van der Waals surface area contributed by atoms with Crippen LogP contribution >= 0.6 is 0 Å². The number of H-pyrrole nitrogens is 1. The van der Waals surface area contributed by atoms with E-state index >= 15 is 0 Å².